The summed E-state index contributed by atoms with van der Waals surface area (Å²) in [5, 5.41) is 18.1. The molecule has 3 aromatic rings. The molecule has 0 radical (unpaired) electrons. The number of amides is 1. The van der Waals surface area contributed by atoms with Gasteiger partial charge in [-0.1, -0.05) is 41.9 Å². The molecule has 1 aliphatic carbocycles. The third-order valence-electron chi connectivity index (χ3n) is 6.46. The molecule has 0 unspecified atom stereocenters. The van der Waals surface area contributed by atoms with E-state index >= 15 is 0 Å². The van der Waals surface area contributed by atoms with Crippen molar-refractivity contribution in [2.75, 3.05) is 0 Å². The van der Waals surface area contributed by atoms with Crippen molar-refractivity contribution in [2.45, 2.75) is 57.6 Å². The van der Waals surface area contributed by atoms with E-state index in [0.29, 0.717) is 24.4 Å². The molecule has 174 valence electrons. The second kappa shape index (κ2) is 9.59. The van der Waals surface area contributed by atoms with Gasteiger partial charge in [-0.25, -0.2) is 0 Å². The fourth-order valence-corrected chi connectivity index (χ4v) is 4.74. The van der Waals surface area contributed by atoms with Crippen LogP contribution < -0.4 is 4.74 Å². The van der Waals surface area contributed by atoms with Gasteiger partial charge in [0.15, 0.2) is 0 Å². The Morgan fingerprint density at radius 2 is 2.03 bits per heavy atom. The van der Waals surface area contributed by atoms with Gasteiger partial charge in [-0.05, 0) is 53.6 Å². The van der Waals surface area contributed by atoms with Gasteiger partial charge in [-0.2, -0.15) is 5.10 Å². The molecule has 1 N–H and O–H groups in total. The van der Waals surface area contributed by atoms with Crippen molar-refractivity contribution in [2.24, 2.45) is 5.11 Å². The van der Waals surface area contributed by atoms with Crippen molar-refractivity contribution in [3.05, 3.63) is 82.0 Å². The summed E-state index contributed by atoms with van der Waals surface area (Å²) >= 11 is 0. The summed E-state index contributed by atoms with van der Waals surface area (Å²) in [6.45, 7) is 1.13. The number of benzene rings is 2. The number of hydrogen-bond donors (Lipinski definition) is 1. The van der Waals surface area contributed by atoms with Crippen molar-refractivity contribution in [3.8, 4) is 16.9 Å². The summed E-state index contributed by atoms with van der Waals surface area (Å²) in [5.41, 5.74) is 12.9. The first-order valence-corrected chi connectivity index (χ1v) is 11.5. The van der Waals surface area contributed by atoms with Crippen LogP contribution >= 0.6 is 0 Å². The monoisotopic (exact) mass is 458 g/mol. The highest BCUT2D eigenvalue weighted by Crippen LogP contribution is 2.34. The molecule has 1 saturated carbocycles. The van der Waals surface area contributed by atoms with E-state index in [4.69, 9.17) is 10.3 Å². The predicted octanol–water partition coefficient (Wildman–Crippen LogP) is 4.66. The second-order valence-corrected chi connectivity index (χ2v) is 8.80. The van der Waals surface area contributed by atoms with Crippen LogP contribution in [-0.4, -0.2) is 37.9 Å². The van der Waals surface area contributed by atoms with Gasteiger partial charge in [0.1, 0.15) is 18.5 Å². The Hall–Kier alpha value is -3.81. The minimum atomic E-state index is -0.490. The van der Waals surface area contributed by atoms with Gasteiger partial charge in [-0.3, -0.25) is 9.48 Å². The van der Waals surface area contributed by atoms with Crippen molar-refractivity contribution in [1.82, 2.24) is 14.7 Å². The first-order valence-electron chi connectivity index (χ1n) is 11.5. The van der Waals surface area contributed by atoms with Gasteiger partial charge >= 0.3 is 0 Å². The van der Waals surface area contributed by atoms with Crippen LogP contribution in [0, 0.1) is 0 Å². The van der Waals surface area contributed by atoms with E-state index in [0.717, 1.165) is 47.9 Å². The highest BCUT2D eigenvalue weighted by atomic mass is 16.5. The van der Waals surface area contributed by atoms with Crippen LogP contribution in [0.3, 0.4) is 0 Å². The Bertz CT molecular complexity index is 1250. The van der Waals surface area contributed by atoms with Crippen LogP contribution in [0.1, 0.15) is 47.2 Å². The lowest BCUT2D eigenvalue weighted by molar-refractivity contribution is 0.00636. The van der Waals surface area contributed by atoms with Crippen LogP contribution in [0.2, 0.25) is 0 Å². The molecule has 9 heteroatoms. The Kier molecular flexibility index (Phi) is 6.20. The maximum absolute atomic E-state index is 13.3. The van der Waals surface area contributed by atoms with Gasteiger partial charge in [0.2, 0.25) is 0 Å². The molecule has 1 amide bonds. The molecular weight excluding hydrogens is 432 g/mol. The van der Waals surface area contributed by atoms with Crippen molar-refractivity contribution in [3.63, 3.8) is 0 Å². The number of nitrogens with zero attached hydrogens (tertiary/aromatic N) is 6. The van der Waals surface area contributed by atoms with Crippen molar-refractivity contribution < 1.29 is 14.6 Å². The number of azide groups is 1. The first kappa shape index (κ1) is 22.0. The number of carbonyl (C=O) groups is 1. The van der Waals surface area contributed by atoms with Gasteiger partial charge in [0.05, 0.1) is 17.9 Å². The number of aromatic nitrogens is 2. The van der Waals surface area contributed by atoms with E-state index in [-0.39, 0.29) is 18.7 Å². The largest absolute Gasteiger partial charge is 0.487 e. The molecule has 2 aliphatic rings. The molecule has 1 fully saturated rings. The molecule has 9 nitrogen and oxygen atoms in total. The number of rotatable bonds is 7. The number of ether oxygens (including phenoxy) is 1. The molecule has 0 saturated heterocycles. The van der Waals surface area contributed by atoms with Crippen molar-refractivity contribution in [1.29, 1.82) is 0 Å². The van der Waals surface area contributed by atoms with E-state index < -0.39 is 6.10 Å². The molecule has 34 heavy (non-hydrogen) atoms. The van der Waals surface area contributed by atoms with Crippen LogP contribution in [0.4, 0.5) is 0 Å². The molecule has 2 heterocycles. The molecule has 2 aromatic carbocycles. The average molecular weight is 459 g/mol. The fourth-order valence-electron chi connectivity index (χ4n) is 4.74. The molecule has 1 aromatic heterocycles. The molecule has 0 bridgehead atoms. The lowest BCUT2D eigenvalue weighted by Gasteiger charge is -2.28. The maximum Gasteiger partial charge on any atom is 0.258 e. The summed E-state index contributed by atoms with van der Waals surface area (Å²) in [7, 11) is 0. The van der Waals surface area contributed by atoms with Gasteiger partial charge in [-0.15, -0.1) is 0 Å². The van der Waals surface area contributed by atoms with Crippen LogP contribution in [-0.2, 0) is 19.8 Å². The molecule has 1 aliphatic heterocycles. The predicted molar refractivity (Wildman–Crippen MR) is 126 cm³/mol. The van der Waals surface area contributed by atoms with Gasteiger partial charge in [0, 0.05) is 29.8 Å². The summed E-state index contributed by atoms with van der Waals surface area (Å²) in [6, 6.07) is 13.7. The number of hydrogen-bond acceptors (Lipinski definition) is 5. The SMILES string of the molecule is [N-]=[N+]=NCn1cc(-c2cccc(CN3Cc4cccc(O[C@H]5CCCC[C@@H]5O)c4C3=O)c2)cn1. The van der Waals surface area contributed by atoms with Crippen LogP contribution in [0.15, 0.2) is 60.0 Å². The van der Waals surface area contributed by atoms with E-state index in [1.54, 1.807) is 10.9 Å². The first-order chi connectivity index (χ1) is 16.6. The zero-order valence-corrected chi connectivity index (χ0v) is 18.7. The molecule has 5 rings (SSSR count). The number of aliphatic hydroxyl groups is 1. The average Bonchev–Trinajstić information content (AvgIpc) is 3.45. The minimum Gasteiger partial charge on any atom is -0.487 e. The Labute approximate surface area is 197 Å². The second-order valence-electron chi connectivity index (χ2n) is 8.80. The Balaban J connectivity index is 1.32. The third-order valence-corrected chi connectivity index (χ3v) is 6.46. The van der Waals surface area contributed by atoms with Gasteiger partial charge in [0.25, 0.3) is 5.91 Å². The van der Waals surface area contributed by atoms with Crippen LogP contribution in [0.25, 0.3) is 21.6 Å². The highest BCUT2D eigenvalue weighted by molar-refractivity contribution is 6.01. The number of carbonyl (C=O) groups excluding carboxylic acids is 1. The summed E-state index contributed by atoms with van der Waals surface area (Å²) in [6.07, 6.45) is 6.37. The van der Waals surface area contributed by atoms with E-state index in [1.165, 1.54) is 0 Å². The summed E-state index contributed by atoms with van der Waals surface area (Å²) in [5.74, 6) is 0.514. The normalized spacial score (nSPS) is 19.6. The summed E-state index contributed by atoms with van der Waals surface area (Å²) < 4.78 is 7.73. The number of fused-ring (bicyclic) bond motifs is 1. The Morgan fingerprint density at radius 3 is 2.88 bits per heavy atom. The highest BCUT2D eigenvalue weighted by Gasteiger charge is 2.33. The third kappa shape index (κ3) is 4.48. The van der Waals surface area contributed by atoms with Gasteiger partial charge < -0.3 is 14.7 Å². The lowest BCUT2D eigenvalue weighted by Crippen LogP contribution is -2.35. The topological polar surface area (TPSA) is 116 Å². The smallest absolute Gasteiger partial charge is 0.258 e. The zero-order valence-electron chi connectivity index (χ0n) is 18.7. The molecular formula is C25H26N6O3. The molecule has 2 atom stereocenters. The van der Waals surface area contributed by atoms with Crippen LogP contribution in [0.5, 0.6) is 5.75 Å². The quantitative estimate of drug-likeness (QED) is 0.315. The minimum absolute atomic E-state index is 0.0523. The lowest BCUT2D eigenvalue weighted by atomic mass is 9.94. The van der Waals surface area contributed by atoms with E-state index in [2.05, 4.69) is 15.1 Å². The molecule has 0 spiro atoms. The summed E-state index contributed by atoms with van der Waals surface area (Å²) in [4.78, 5) is 17.9. The number of aliphatic hydroxyl groups excluding tert-OH is 1. The fraction of sp³-hybridized carbons (Fsp3) is 0.360. The van der Waals surface area contributed by atoms with Crippen molar-refractivity contribution >= 4 is 5.91 Å². The Morgan fingerprint density at radius 1 is 1.18 bits per heavy atom. The van der Waals surface area contributed by atoms with E-state index in [9.17, 15) is 9.90 Å². The standard InChI is InChI=1S/C25H26N6O3/c26-29-27-16-31-15-20(12-28-31)18-6-3-5-17(11-18)13-30-14-19-7-4-10-23(24(19)25(30)33)34-22-9-2-1-8-21(22)32/h3-7,10-12,15,21-22,32H,1-2,8-9,13-14,16H2/t21-,22-/m0/s1. The maximum atomic E-state index is 13.3. The van der Waals surface area contributed by atoms with E-state index in [1.807, 2.05) is 53.6 Å². The zero-order chi connectivity index (χ0) is 23.5.